The van der Waals surface area contributed by atoms with E-state index in [4.69, 9.17) is 4.74 Å². The van der Waals surface area contributed by atoms with Gasteiger partial charge in [0.05, 0.1) is 12.5 Å². The number of carbonyl (C=O) groups is 3. The number of nitriles is 1. The van der Waals surface area contributed by atoms with E-state index in [1.165, 1.54) is 23.1 Å². The number of ether oxygens (including phenoxy) is 1. The number of carbonyl (C=O) groups excluding carboxylic acids is 3. The summed E-state index contributed by atoms with van der Waals surface area (Å²) in [4.78, 5) is 40.7. The SMILES string of the molecule is CC1(C)C2CCC1(C)C(OC(=O)C1CCCN1C(=O)C(CC#N)NC(=O)C(O)Cc1ccc(O)c(O)c1)C2. The molecule has 0 spiro atoms. The average molecular weight is 528 g/mol. The first-order valence-corrected chi connectivity index (χ1v) is 13.3. The first kappa shape index (κ1) is 27.7. The Kier molecular flexibility index (Phi) is 7.62. The Morgan fingerprint density at radius 2 is 1.95 bits per heavy atom. The molecule has 6 atom stereocenters. The fourth-order valence-corrected chi connectivity index (χ4v) is 6.57. The van der Waals surface area contributed by atoms with Crippen molar-refractivity contribution in [1.29, 1.82) is 5.26 Å². The van der Waals surface area contributed by atoms with Crippen LogP contribution in [-0.2, 0) is 25.5 Å². The lowest BCUT2D eigenvalue weighted by molar-refractivity contribution is -0.165. The minimum absolute atomic E-state index is 0.0744. The van der Waals surface area contributed by atoms with Crippen LogP contribution >= 0.6 is 0 Å². The molecule has 0 radical (unpaired) electrons. The number of fused-ring (bicyclic) bond motifs is 2. The van der Waals surface area contributed by atoms with Gasteiger partial charge >= 0.3 is 5.97 Å². The van der Waals surface area contributed by atoms with E-state index in [2.05, 4.69) is 26.1 Å². The van der Waals surface area contributed by atoms with Gasteiger partial charge in [-0.2, -0.15) is 5.26 Å². The van der Waals surface area contributed by atoms with Gasteiger partial charge in [0.25, 0.3) is 0 Å². The highest BCUT2D eigenvalue weighted by atomic mass is 16.5. The minimum atomic E-state index is -1.56. The van der Waals surface area contributed by atoms with E-state index in [0.29, 0.717) is 30.9 Å². The first-order chi connectivity index (χ1) is 17.9. The molecule has 10 heteroatoms. The fraction of sp³-hybridized carbons (Fsp3) is 0.643. The van der Waals surface area contributed by atoms with Crippen molar-refractivity contribution in [2.24, 2.45) is 16.7 Å². The number of likely N-dealkylation sites (tertiary alicyclic amines) is 1. The summed E-state index contributed by atoms with van der Waals surface area (Å²) in [5.41, 5.74) is 0.360. The molecule has 4 N–H and O–H groups in total. The molecule has 38 heavy (non-hydrogen) atoms. The van der Waals surface area contributed by atoms with Gasteiger partial charge < -0.3 is 30.3 Å². The monoisotopic (exact) mass is 527 g/mol. The number of esters is 1. The van der Waals surface area contributed by atoms with Crippen LogP contribution in [0, 0.1) is 28.1 Å². The van der Waals surface area contributed by atoms with Crippen LogP contribution in [0.2, 0.25) is 0 Å². The number of nitrogens with zero attached hydrogens (tertiary/aromatic N) is 2. The molecule has 2 bridgehead atoms. The van der Waals surface area contributed by atoms with Gasteiger partial charge in [-0.25, -0.2) is 4.79 Å². The van der Waals surface area contributed by atoms with Crippen molar-refractivity contribution in [2.45, 2.75) is 90.0 Å². The lowest BCUT2D eigenvalue weighted by Crippen LogP contribution is -2.54. The molecule has 1 saturated heterocycles. The second-order valence-corrected chi connectivity index (χ2v) is 11.7. The van der Waals surface area contributed by atoms with Crippen molar-refractivity contribution in [1.82, 2.24) is 10.2 Å². The van der Waals surface area contributed by atoms with Crippen LogP contribution in [0.1, 0.15) is 64.9 Å². The summed E-state index contributed by atoms with van der Waals surface area (Å²) >= 11 is 0. The van der Waals surface area contributed by atoms with Crippen molar-refractivity contribution in [3.05, 3.63) is 23.8 Å². The lowest BCUT2D eigenvalue weighted by Gasteiger charge is -2.39. The second-order valence-electron chi connectivity index (χ2n) is 11.7. The summed E-state index contributed by atoms with van der Waals surface area (Å²) in [5.74, 6) is -2.08. The van der Waals surface area contributed by atoms with Crippen molar-refractivity contribution in [3.8, 4) is 17.6 Å². The van der Waals surface area contributed by atoms with Crippen LogP contribution in [0.3, 0.4) is 0 Å². The summed E-state index contributed by atoms with van der Waals surface area (Å²) < 4.78 is 6.03. The summed E-state index contributed by atoms with van der Waals surface area (Å²) in [7, 11) is 0. The molecule has 0 aromatic heterocycles. The van der Waals surface area contributed by atoms with Crippen LogP contribution in [0.5, 0.6) is 11.5 Å². The molecule has 2 aliphatic carbocycles. The van der Waals surface area contributed by atoms with Crippen molar-refractivity contribution < 1.29 is 34.4 Å². The first-order valence-electron chi connectivity index (χ1n) is 13.3. The Balaban J connectivity index is 1.39. The third-order valence-corrected chi connectivity index (χ3v) is 9.46. The highest BCUT2D eigenvalue weighted by Crippen LogP contribution is 2.66. The summed E-state index contributed by atoms with van der Waals surface area (Å²) in [6.07, 6.45) is 1.72. The van der Waals surface area contributed by atoms with E-state index < -0.39 is 36.0 Å². The molecular formula is C28H37N3O7. The zero-order valence-corrected chi connectivity index (χ0v) is 22.1. The molecule has 6 unspecified atom stereocenters. The van der Waals surface area contributed by atoms with Crippen molar-refractivity contribution in [3.63, 3.8) is 0 Å². The minimum Gasteiger partial charge on any atom is -0.504 e. The number of aliphatic hydroxyl groups excluding tert-OH is 1. The molecule has 2 saturated carbocycles. The Bertz CT molecular complexity index is 1150. The third-order valence-electron chi connectivity index (χ3n) is 9.46. The van der Waals surface area contributed by atoms with Crippen LogP contribution in [0.25, 0.3) is 0 Å². The average Bonchev–Trinajstić information content (AvgIpc) is 3.49. The molecule has 2 amide bonds. The molecular weight excluding hydrogens is 490 g/mol. The highest BCUT2D eigenvalue weighted by molar-refractivity contribution is 5.92. The lowest BCUT2D eigenvalue weighted by atomic mass is 9.70. The molecule has 1 heterocycles. The molecule has 1 aliphatic heterocycles. The quantitative estimate of drug-likeness (QED) is 0.295. The highest BCUT2D eigenvalue weighted by Gasteiger charge is 2.63. The number of aromatic hydroxyl groups is 2. The summed E-state index contributed by atoms with van der Waals surface area (Å²) in [5, 5.41) is 41.2. The number of benzene rings is 1. The maximum Gasteiger partial charge on any atom is 0.329 e. The number of amides is 2. The zero-order chi connectivity index (χ0) is 27.8. The van der Waals surface area contributed by atoms with E-state index in [1.807, 2.05) is 6.07 Å². The van der Waals surface area contributed by atoms with E-state index in [9.17, 15) is 35.0 Å². The fourth-order valence-electron chi connectivity index (χ4n) is 6.57. The Morgan fingerprint density at radius 3 is 2.55 bits per heavy atom. The normalized spacial score (nSPS) is 28.9. The largest absolute Gasteiger partial charge is 0.504 e. The van der Waals surface area contributed by atoms with Gasteiger partial charge in [0.1, 0.15) is 24.3 Å². The number of aliphatic hydroxyl groups is 1. The summed E-state index contributed by atoms with van der Waals surface area (Å²) in [6.45, 7) is 6.95. The van der Waals surface area contributed by atoms with Crippen molar-refractivity contribution >= 4 is 17.8 Å². The topological polar surface area (TPSA) is 160 Å². The van der Waals surface area contributed by atoms with Gasteiger partial charge in [-0.3, -0.25) is 9.59 Å². The molecule has 1 aromatic carbocycles. The van der Waals surface area contributed by atoms with Crippen LogP contribution in [-0.4, -0.2) is 68.8 Å². The number of phenols is 2. The number of rotatable bonds is 8. The van der Waals surface area contributed by atoms with E-state index in [0.717, 1.165) is 19.3 Å². The maximum atomic E-state index is 13.4. The van der Waals surface area contributed by atoms with Gasteiger partial charge in [-0.15, -0.1) is 0 Å². The molecule has 206 valence electrons. The third kappa shape index (κ3) is 4.92. The van der Waals surface area contributed by atoms with E-state index in [-0.39, 0.29) is 41.3 Å². The van der Waals surface area contributed by atoms with Crippen LogP contribution in [0.15, 0.2) is 18.2 Å². The number of nitrogens with one attached hydrogen (secondary N) is 1. The number of hydrogen-bond donors (Lipinski definition) is 4. The zero-order valence-electron chi connectivity index (χ0n) is 22.1. The van der Waals surface area contributed by atoms with Crippen LogP contribution < -0.4 is 5.32 Å². The predicted octanol–water partition coefficient (Wildman–Crippen LogP) is 2.15. The smallest absolute Gasteiger partial charge is 0.329 e. The number of hydrogen-bond acceptors (Lipinski definition) is 8. The molecule has 1 aromatic rings. The second kappa shape index (κ2) is 10.4. The molecule has 3 aliphatic rings. The van der Waals surface area contributed by atoms with Gasteiger partial charge in [-0.05, 0) is 61.1 Å². The molecule has 3 fully saturated rings. The molecule has 4 rings (SSSR count). The Morgan fingerprint density at radius 1 is 1.21 bits per heavy atom. The van der Waals surface area contributed by atoms with Gasteiger partial charge in [0.15, 0.2) is 11.5 Å². The van der Waals surface area contributed by atoms with Gasteiger partial charge in [0.2, 0.25) is 11.8 Å². The predicted molar refractivity (Wildman–Crippen MR) is 135 cm³/mol. The van der Waals surface area contributed by atoms with Crippen molar-refractivity contribution in [2.75, 3.05) is 6.54 Å². The van der Waals surface area contributed by atoms with E-state index in [1.54, 1.807) is 0 Å². The Hall–Kier alpha value is -3.32. The summed E-state index contributed by atoms with van der Waals surface area (Å²) in [6, 6.07) is 3.79. The van der Waals surface area contributed by atoms with Crippen LogP contribution in [0.4, 0.5) is 0 Å². The van der Waals surface area contributed by atoms with Gasteiger partial charge in [0, 0.05) is 18.4 Å². The Labute approximate surface area is 222 Å². The van der Waals surface area contributed by atoms with Gasteiger partial charge in [-0.1, -0.05) is 26.8 Å². The standard InChI is InChI=1S/C28H37N3O7/c1-27(2)17-8-10-28(27,3)23(15-17)38-26(37)19-5-4-12-31(19)25(36)18(9-11-29)30-24(35)22(34)14-16-6-7-20(32)21(33)13-16/h6-7,13,17-19,22-23,32-34H,4-5,8-10,12,14-15H2,1-3H3,(H,30,35). The number of phenolic OH excluding ortho intramolecular Hbond substituents is 2. The molecule has 10 nitrogen and oxygen atoms in total. The maximum absolute atomic E-state index is 13.4. The van der Waals surface area contributed by atoms with E-state index >= 15 is 0 Å².